The van der Waals surface area contributed by atoms with E-state index in [9.17, 15) is 0 Å². The molecule has 3 heteroatoms. The molecule has 106 valence electrons. The molecule has 1 heterocycles. The Labute approximate surface area is 116 Å². The van der Waals surface area contributed by atoms with Gasteiger partial charge in [0.1, 0.15) is 0 Å². The molecule has 0 aliphatic carbocycles. The lowest BCUT2D eigenvalue weighted by molar-refractivity contribution is 0.138. The van der Waals surface area contributed by atoms with Crippen LogP contribution in [0.4, 0.5) is 0 Å². The van der Waals surface area contributed by atoms with Crippen molar-refractivity contribution in [2.45, 2.75) is 32.4 Å². The molecule has 0 saturated carbocycles. The second kappa shape index (κ2) is 7.63. The molecule has 0 radical (unpaired) electrons. The largest absolute Gasteiger partial charge is 0.383 e. The summed E-state index contributed by atoms with van der Waals surface area (Å²) in [5.41, 5.74) is 2.81. The first-order valence-corrected chi connectivity index (χ1v) is 7.29. The second-order valence-corrected chi connectivity index (χ2v) is 5.45. The van der Waals surface area contributed by atoms with Crippen LogP contribution in [-0.4, -0.2) is 44.3 Å². The molecule has 1 aliphatic rings. The third-order valence-corrected chi connectivity index (χ3v) is 3.91. The third kappa shape index (κ3) is 4.60. The minimum atomic E-state index is 0.654. The molecule has 3 nitrogen and oxygen atoms in total. The Balaban J connectivity index is 1.94. The van der Waals surface area contributed by atoms with Gasteiger partial charge in [0.15, 0.2) is 0 Å². The summed E-state index contributed by atoms with van der Waals surface area (Å²) in [6.07, 6.45) is 2.62. The predicted molar refractivity (Wildman–Crippen MR) is 79.4 cm³/mol. The summed E-state index contributed by atoms with van der Waals surface area (Å²) in [5.74, 6) is 0. The molecule has 1 aromatic rings. The lowest BCUT2D eigenvalue weighted by Crippen LogP contribution is -2.38. The molecule has 1 fully saturated rings. The Morgan fingerprint density at radius 3 is 2.89 bits per heavy atom. The van der Waals surface area contributed by atoms with Crippen molar-refractivity contribution in [1.82, 2.24) is 10.2 Å². The maximum absolute atomic E-state index is 5.24. The minimum absolute atomic E-state index is 0.654. The lowest BCUT2D eigenvalue weighted by atomic mass is 10.1. The molecule has 1 atom stereocenters. The fraction of sp³-hybridized carbons (Fsp3) is 0.625. The smallest absolute Gasteiger partial charge is 0.0589 e. The van der Waals surface area contributed by atoms with Crippen molar-refractivity contribution in [2.24, 2.45) is 0 Å². The molecular formula is C16H26N2O. The number of hydrogen-bond acceptors (Lipinski definition) is 3. The highest BCUT2D eigenvalue weighted by Crippen LogP contribution is 2.13. The van der Waals surface area contributed by atoms with Crippen molar-refractivity contribution in [1.29, 1.82) is 0 Å². The van der Waals surface area contributed by atoms with Crippen LogP contribution in [0.15, 0.2) is 24.3 Å². The molecule has 1 N–H and O–H groups in total. The fourth-order valence-corrected chi connectivity index (χ4v) is 2.71. The van der Waals surface area contributed by atoms with Crippen LogP contribution in [-0.2, 0) is 11.3 Å². The molecule has 0 aromatic heterocycles. The number of aryl methyl sites for hydroxylation is 1. The normalized spacial score (nSPS) is 19.2. The van der Waals surface area contributed by atoms with E-state index in [0.717, 1.165) is 26.2 Å². The molecule has 0 spiro atoms. The summed E-state index contributed by atoms with van der Waals surface area (Å²) in [5, 5.41) is 3.58. The zero-order valence-electron chi connectivity index (χ0n) is 12.2. The molecule has 1 aliphatic heterocycles. The monoisotopic (exact) mass is 262 g/mol. The van der Waals surface area contributed by atoms with E-state index in [1.807, 2.05) is 0 Å². The van der Waals surface area contributed by atoms with Gasteiger partial charge in [-0.3, -0.25) is 4.90 Å². The fourth-order valence-electron chi connectivity index (χ4n) is 2.71. The van der Waals surface area contributed by atoms with Crippen molar-refractivity contribution in [3.05, 3.63) is 35.4 Å². The summed E-state index contributed by atoms with van der Waals surface area (Å²) in [7, 11) is 1.78. The van der Waals surface area contributed by atoms with Gasteiger partial charge in [0.2, 0.25) is 0 Å². The van der Waals surface area contributed by atoms with Gasteiger partial charge in [-0.25, -0.2) is 0 Å². The Bertz CT molecular complexity index is 375. The maximum Gasteiger partial charge on any atom is 0.0589 e. The SMILES string of the molecule is COCCN(Cc1ccccc1C)CC1CCCN1. The van der Waals surface area contributed by atoms with E-state index in [2.05, 4.69) is 41.4 Å². The van der Waals surface area contributed by atoms with Crippen LogP contribution < -0.4 is 5.32 Å². The first kappa shape index (κ1) is 14.5. The van der Waals surface area contributed by atoms with E-state index in [1.165, 1.54) is 30.5 Å². The molecule has 1 aromatic carbocycles. The molecule has 2 rings (SSSR count). The highest BCUT2D eigenvalue weighted by Gasteiger charge is 2.18. The predicted octanol–water partition coefficient (Wildman–Crippen LogP) is 2.20. The van der Waals surface area contributed by atoms with Crippen molar-refractivity contribution >= 4 is 0 Å². The van der Waals surface area contributed by atoms with Gasteiger partial charge in [0, 0.05) is 32.8 Å². The Morgan fingerprint density at radius 2 is 2.21 bits per heavy atom. The Hall–Kier alpha value is -0.900. The minimum Gasteiger partial charge on any atom is -0.383 e. The second-order valence-electron chi connectivity index (χ2n) is 5.45. The van der Waals surface area contributed by atoms with E-state index in [1.54, 1.807) is 7.11 Å². The van der Waals surface area contributed by atoms with Gasteiger partial charge >= 0.3 is 0 Å². The summed E-state index contributed by atoms with van der Waals surface area (Å²) in [6.45, 7) is 7.32. The van der Waals surface area contributed by atoms with Crippen LogP contribution in [0.5, 0.6) is 0 Å². The van der Waals surface area contributed by atoms with E-state index in [-0.39, 0.29) is 0 Å². The zero-order valence-corrected chi connectivity index (χ0v) is 12.2. The van der Waals surface area contributed by atoms with E-state index in [0.29, 0.717) is 6.04 Å². The molecular weight excluding hydrogens is 236 g/mol. The lowest BCUT2D eigenvalue weighted by Gasteiger charge is -2.26. The summed E-state index contributed by atoms with van der Waals surface area (Å²) in [6, 6.07) is 9.32. The van der Waals surface area contributed by atoms with Gasteiger partial charge in [-0.05, 0) is 37.4 Å². The number of ether oxygens (including phenoxy) is 1. The van der Waals surface area contributed by atoms with Gasteiger partial charge < -0.3 is 10.1 Å². The number of rotatable bonds is 7. The number of nitrogens with one attached hydrogen (secondary N) is 1. The van der Waals surface area contributed by atoms with Crippen LogP contribution in [0.1, 0.15) is 24.0 Å². The average molecular weight is 262 g/mol. The average Bonchev–Trinajstić information content (AvgIpc) is 2.91. The Morgan fingerprint density at radius 1 is 1.37 bits per heavy atom. The van der Waals surface area contributed by atoms with Crippen LogP contribution in [0.2, 0.25) is 0 Å². The standard InChI is InChI=1S/C16H26N2O/c1-14-6-3-4-7-15(14)12-18(10-11-19-2)13-16-8-5-9-17-16/h3-4,6-7,16-17H,5,8-13H2,1-2H3. The number of nitrogens with zero attached hydrogens (tertiary/aromatic N) is 1. The van der Waals surface area contributed by atoms with Crippen molar-refractivity contribution in [3.63, 3.8) is 0 Å². The third-order valence-electron chi connectivity index (χ3n) is 3.91. The quantitative estimate of drug-likeness (QED) is 0.815. The van der Waals surface area contributed by atoms with Gasteiger partial charge in [0.25, 0.3) is 0 Å². The molecule has 19 heavy (non-hydrogen) atoms. The first-order chi connectivity index (χ1) is 9.29. The zero-order chi connectivity index (χ0) is 13.5. The van der Waals surface area contributed by atoms with E-state index >= 15 is 0 Å². The van der Waals surface area contributed by atoms with Gasteiger partial charge in [-0.15, -0.1) is 0 Å². The van der Waals surface area contributed by atoms with Crippen LogP contribution in [0.3, 0.4) is 0 Å². The van der Waals surface area contributed by atoms with E-state index in [4.69, 9.17) is 4.74 Å². The van der Waals surface area contributed by atoms with Crippen LogP contribution >= 0.6 is 0 Å². The molecule has 0 bridgehead atoms. The number of benzene rings is 1. The highest BCUT2D eigenvalue weighted by atomic mass is 16.5. The van der Waals surface area contributed by atoms with Crippen LogP contribution in [0.25, 0.3) is 0 Å². The van der Waals surface area contributed by atoms with Gasteiger partial charge in [0.05, 0.1) is 6.61 Å². The number of methoxy groups -OCH3 is 1. The summed E-state index contributed by atoms with van der Waals surface area (Å²) in [4.78, 5) is 2.51. The molecule has 0 amide bonds. The van der Waals surface area contributed by atoms with Gasteiger partial charge in [-0.1, -0.05) is 24.3 Å². The summed E-state index contributed by atoms with van der Waals surface area (Å²) < 4.78 is 5.24. The first-order valence-electron chi connectivity index (χ1n) is 7.29. The van der Waals surface area contributed by atoms with Crippen LogP contribution in [0, 0.1) is 6.92 Å². The maximum atomic E-state index is 5.24. The van der Waals surface area contributed by atoms with Crippen molar-refractivity contribution in [2.75, 3.05) is 33.4 Å². The van der Waals surface area contributed by atoms with Crippen molar-refractivity contribution < 1.29 is 4.74 Å². The molecule has 1 saturated heterocycles. The summed E-state index contributed by atoms with van der Waals surface area (Å²) >= 11 is 0. The molecule has 1 unspecified atom stereocenters. The Kier molecular flexibility index (Phi) is 5.83. The number of hydrogen-bond donors (Lipinski definition) is 1. The van der Waals surface area contributed by atoms with Crippen molar-refractivity contribution in [3.8, 4) is 0 Å². The van der Waals surface area contributed by atoms with Gasteiger partial charge in [-0.2, -0.15) is 0 Å². The van der Waals surface area contributed by atoms with E-state index < -0.39 is 0 Å². The highest BCUT2D eigenvalue weighted by molar-refractivity contribution is 5.25. The topological polar surface area (TPSA) is 24.5 Å².